The number of carbonyl (C=O) groups is 1. The number of thiazole rings is 1. The standard InChI is InChI=1S/C15H14N4O3S/c1-8-18-19-15(21-8)17-14(20)9-5-10(6-9)22-11-3-2-4-12-13(11)16-7-23-12/h2-4,7,9-10H,5-6H2,1H3,(H,17,19,20)/t9-,10-. The highest BCUT2D eigenvalue weighted by Crippen LogP contribution is 2.35. The molecule has 118 valence electrons. The van der Waals surface area contributed by atoms with Crippen LogP contribution >= 0.6 is 11.3 Å². The minimum atomic E-state index is -0.111. The fourth-order valence-electron chi connectivity index (χ4n) is 2.57. The highest BCUT2D eigenvalue weighted by Gasteiger charge is 2.37. The van der Waals surface area contributed by atoms with Crippen LogP contribution in [0.2, 0.25) is 0 Å². The predicted molar refractivity (Wildman–Crippen MR) is 84.4 cm³/mol. The molecule has 0 saturated heterocycles. The molecule has 0 bridgehead atoms. The van der Waals surface area contributed by atoms with Crippen LogP contribution in [0.5, 0.6) is 5.75 Å². The summed E-state index contributed by atoms with van der Waals surface area (Å²) in [7, 11) is 0. The van der Waals surface area contributed by atoms with Crippen molar-refractivity contribution in [3.8, 4) is 5.75 Å². The van der Waals surface area contributed by atoms with Crippen molar-refractivity contribution in [2.45, 2.75) is 25.9 Å². The first-order valence-electron chi connectivity index (χ1n) is 7.29. The monoisotopic (exact) mass is 330 g/mol. The molecule has 23 heavy (non-hydrogen) atoms. The summed E-state index contributed by atoms with van der Waals surface area (Å²) in [5, 5.41) is 10.1. The Morgan fingerprint density at radius 2 is 2.26 bits per heavy atom. The normalized spacial score (nSPS) is 20.2. The number of hydrogen-bond acceptors (Lipinski definition) is 7. The number of benzene rings is 1. The number of aromatic nitrogens is 3. The molecular formula is C15H14N4O3S. The van der Waals surface area contributed by atoms with E-state index < -0.39 is 0 Å². The fourth-order valence-corrected chi connectivity index (χ4v) is 3.26. The smallest absolute Gasteiger partial charge is 0.322 e. The summed E-state index contributed by atoms with van der Waals surface area (Å²) in [4.78, 5) is 16.4. The van der Waals surface area contributed by atoms with Crippen molar-refractivity contribution >= 4 is 33.5 Å². The number of hydrogen-bond donors (Lipinski definition) is 1. The molecule has 1 N–H and O–H groups in total. The molecule has 0 aliphatic heterocycles. The van der Waals surface area contributed by atoms with Gasteiger partial charge in [-0.2, -0.15) is 0 Å². The zero-order valence-corrected chi connectivity index (χ0v) is 13.2. The van der Waals surface area contributed by atoms with Gasteiger partial charge in [0, 0.05) is 12.8 Å². The van der Waals surface area contributed by atoms with Crippen LogP contribution in [0.15, 0.2) is 28.1 Å². The molecule has 0 radical (unpaired) electrons. The summed E-state index contributed by atoms with van der Waals surface area (Å²) in [6.07, 6.45) is 1.36. The van der Waals surface area contributed by atoms with Crippen LogP contribution in [0.1, 0.15) is 18.7 Å². The average molecular weight is 330 g/mol. The third-order valence-corrected chi connectivity index (χ3v) is 4.63. The van der Waals surface area contributed by atoms with Gasteiger partial charge < -0.3 is 9.15 Å². The molecule has 1 saturated carbocycles. The van der Waals surface area contributed by atoms with E-state index in [4.69, 9.17) is 9.15 Å². The van der Waals surface area contributed by atoms with Gasteiger partial charge in [-0.05, 0) is 25.0 Å². The third-order valence-electron chi connectivity index (χ3n) is 3.84. The lowest BCUT2D eigenvalue weighted by Gasteiger charge is -2.33. The van der Waals surface area contributed by atoms with Gasteiger partial charge in [0.2, 0.25) is 11.8 Å². The van der Waals surface area contributed by atoms with E-state index in [1.165, 1.54) is 0 Å². The van der Waals surface area contributed by atoms with Crippen LogP contribution in [0.3, 0.4) is 0 Å². The number of nitrogens with one attached hydrogen (secondary N) is 1. The van der Waals surface area contributed by atoms with Gasteiger partial charge in [0.25, 0.3) is 0 Å². The highest BCUT2D eigenvalue weighted by atomic mass is 32.1. The van der Waals surface area contributed by atoms with Crippen LogP contribution in [0, 0.1) is 12.8 Å². The Labute approximate surface area is 135 Å². The Bertz CT molecular complexity index is 853. The van der Waals surface area contributed by atoms with E-state index in [1.54, 1.807) is 23.8 Å². The van der Waals surface area contributed by atoms with Gasteiger partial charge in [-0.1, -0.05) is 11.2 Å². The molecule has 7 nitrogen and oxygen atoms in total. The molecule has 2 heterocycles. The van der Waals surface area contributed by atoms with Crippen LogP contribution in [-0.4, -0.2) is 27.2 Å². The number of rotatable bonds is 4. The van der Waals surface area contributed by atoms with Gasteiger partial charge in [0.05, 0.1) is 10.2 Å². The number of fused-ring (bicyclic) bond motifs is 1. The van der Waals surface area contributed by atoms with E-state index in [1.807, 2.05) is 18.2 Å². The van der Waals surface area contributed by atoms with Gasteiger partial charge in [-0.3, -0.25) is 10.1 Å². The summed E-state index contributed by atoms with van der Waals surface area (Å²) in [6, 6.07) is 6.03. The van der Waals surface area contributed by atoms with Crippen molar-refractivity contribution in [3.63, 3.8) is 0 Å². The first-order valence-corrected chi connectivity index (χ1v) is 8.17. The van der Waals surface area contributed by atoms with Gasteiger partial charge in [0.1, 0.15) is 17.4 Å². The van der Waals surface area contributed by atoms with E-state index in [2.05, 4.69) is 20.5 Å². The van der Waals surface area contributed by atoms with Crippen molar-refractivity contribution in [1.29, 1.82) is 0 Å². The van der Waals surface area contributed by atoms with Crippen molar-refractivity contribution in [1.82, 2.24) is 15.2 Å². The molecule has 0 atom stereocenters. The maximum absolute atomic E-state index is 12.1. The molecule has 1 aromatic carbocycles. The first kappa shape index (κ1) is 14.1. The second-order valence-electron chi connectivity index (χ2n) is 5.48. The van der Waals surface area contributed by atoms with Crippen LogP contribution in [-0.2, 0) is 4.79 Å². The summed E-state index contributed by atoms with van der Waals surface area (Å²) < 4.78 is 12.2. The Morgan fingerprint density at radius 3 is 3.04 bits per heavy atom. The maximum atomic E-state index is 12.1. The van der Waals surface area contributed by atoms with Crippen molar-refractivity contribution in [2.24, 2.45) is 5.92 Å². The Morgan fingerprint density at radius 1 is 1.39 bits per heavy atom. The number of carbonyl (C=O) groups excluding carboxylic acids is 1. The van der Waals surface area contributed by atoms with E-state index in [-0.39, 0.29) is 23.9 Å². The Balaban J connectivity index is 1.34. The van der Waals surface area contributed by atoms with E-state index in [0.717, 1.165) is 16.0 Å². The number of para-hydroxylation sites is 1. The van der Waals surface area contributed by atoms with Gasteiger partial charge in [0.15, 0.2) is 0 Å². The minimum absolute atomic E-state index is 0.0301. The number of amides is 1. The Hall–Kier alpha value is -2.48. The van der Waals surface area contributed by atoms with Crippen LogP contribution < -0.4 is 10.1 Å². The molecule has 0 unspecified atom stereocenters. The molecule has 4 rings (SSSR count). The summed E-state index contributed by atoms with van der Waals surface area (Å²) in [5.41, 5.74) is 2.69. The molecule has 2 aromatic heterocycles. The van der Waals surface area contributed by atoms with Crippen LogP contribution in [0.25, 0.3) is 10.2 Å². The van der Waals surface area contributed by atoms with E-state index in [9.17, 15) is 4.79 Å². The summed E-state index contributed by atoms with van der Waals surface area (Å²) in [5.74, 6) is 0.994. The lowest BCUT2D eigenvalue weighted by molar-refractivity contribution is -0.125. The molecule has 1 amide bonds. The average Bonchev–Trinajstić information content (AvgIpc) is 3.11. The van der Waals surface area contributed by atoms with Crippen molar-refractivity contribution in [3.05, 3.63) is 29.6 Å². The second kappa shape index (κ2) is 5.62. The molecular weight excluding hydrogens is 316 g/mol. The summed E-state index contributed by atoms with van der Waals surface area (Å²) in [6.45, 7) is 1.68. The predicted octanol–water partition coefficient (Wildman–Crippen LogP) is 2.78. The Kier molecular flexibility index (Phi) is 3.45. The lowest BCUT2D eigenvalue weighted by atomic mass is 9.81. The molecule has 1 aliphatic carbocycles. The van der Waals surface area contributed by atoms with E-state index in [0.29, 0.717) is 18.7 Å². The largest absolute Gasteiger partial charge is 0.488 e. The third kappa shape index (κ3) is 2.77. The van der Waals surface area contributed by atoms with Crippen LogP contribution in [0.4, 0.5) is 6.01 Å². The zero-order chi connectivity index (χ0) is 15.8. The zero-order valence-electron chi connectivity index (χ0n) is 12.4. The maximum Gasteiger partial charge on any atom is 0.322 e. The lowest BCUT2D eigenvalue weighted by Crippen LogP contribution is -2.40. The van der Waals surface area contributed by atoms with Crippen molar-refractivity contribution in [2.75, 3.05) is 5.32 Å². The number of aryl methyl sites for hydroxylation is 1. The number of anilines is 1. The topological polar surface area (TPSA) is 90.1 Å². The number of ether oxygens (including phenoxy) is 1. The van der Waals surface area contributed by atoms with E-state index >= 15 is 0 Å². The second-order valence-corrected chi connectivity index (χ2v) is 6.37. The SMILES string of the molecule is Cc1nnc(NC(=O)[C@H]2C[C@H](Oc3cccc4scnc34)C2)o1. The number of nitrogens with zero attached hydrogens (tertiary/aromatic N) is 3. The molecule has 1 aliphatic rings. The fraction of sp³-hybridized carbons (Fsp3) is 0.333. The molecule has 3 aromatic rings. The van der Waals surface area contributed by atoms with Gasteiger partial charge >= 0.3 is 6.01 Å². The molecule has 1 fully saturated rings. The van der Waals surface area contributed by atoms with Gasteiger partial charge in [-0.25, -0.2) is 4.98 Å². The highest BCUT2D eigenvalue weighted by molar-refractivity contribution is 7.16. The van der Waals surface area contributed by atoms with Gasteiger partial charge in [-0.15, -0.1) is 16.4 Å². The molecule has 0 spiro atoms. The van der Waals surface area contributed by atoms with Crippen molar-refractivity contribution < 1.29 is 13.9 Å². The summed E-state index contributed by atoms with van der Waals surface area (Å²) >= 11 is 1.58. The quantitative estimate of drug-likeness (QED) is 0.791. The first-order chi connectivity index (χ1) is 11.2. The molecule has 8 heteroatoms. The minimum Gasteiger partial charge on any atom is -0.488 e.